The molecule has 2 atom stereocenters. The van der Waals surface area contributed by atoms with Gasteiger partial charge in [-0.2, -0.15) is 0 Å². The second-order valence-electron chi connectivity index (χ2n) is 9.04. The number of morpholine rings is 1. The van der Waals surface area contributed by atoms with Crippen LogP contribution in [-0.2, 0) is 37.1 Å². The molecule has 35 heavy (non-hydrogen) atoms. The van der Waals surface area contributed by atoms with E-state index >= 15 is 0 Å². The summed E-state index contributed by atoms with van der Waals surface area (Å²) in [5, 5.41) is 3.20. The summed E-state index contributed by atoms with van der Waals surface area (Å²) in [5.74, 6) is -1.30. The number of nitrogens with one attached hydrogen (secondary N) is 1. The van der Waals surface area contributed by atoms with Crippen molar-refractivity contribution in [2.24, 2.45) is 0 Å². The lowest BCUT2D eigenvalue weighted by atomic mass is 10.1. The number of aromatic nitrogens is 1. The van der Waals surface area contributed by atoms with E-state index in [1.165, 1.54) is 6.20 Å². The smallest absolute Gasteiger partial charge is 0.242 e. The average molecular weight is 498 g/mol. The number of para-hydroxylation sites is 1. The zero-order valence-corrected chi connectivity index (χ0v) is 20.8. The number of hydrogen-bond donors (Lipinski definition) is 1. The number of ether oxygens (including phenoxy) is 1. The van der Waals surface area contributed by atoms with Gasteiger partial charge in [0.25, 0.3) is 0 Å². The normalized spacial score (nSPS) is 18.5. The van der Waals surface area contributed by atoms with E-state index in [9.17, 15) is 18.0 Å². The summed E-state index contributed by atoms with van der Waals surface area (Å²) < 4.78 is 33.7. The van der Waals surface area contributed by atoms with Crippen molar-refractivity contribution in [3.63, 3.8) is 0 Å². The zero-order chi connectivity index (χ0) is 25.0. The van der Waals surface area contributed by atoms with Crippen LogP contribution in [0.5, 0.6) is 0 Å². The number of benzene rings is 2. The van der Waals surface area contributed by atoms with Gasteiger partial charge in [0.1, 0.15) is 12.3 Å². The molecule has 3 aromatic rings. The van der Waals surface area contributed by atoms with Crippen molar-refractivity contribution < 1.29 is 22.7 Å². The topological polar surface area (TPSA) is 97.7 Å². The summed E-state index contributed by atoms with van der Waals surface area (Å²) in [6.45, 7) is 5.21. The molecular formula is C26H31N3O5S. The van der Waals surface area contributed by atoms with Crippen LogP contribution in [0.2, 0.25) is 0 Å². The van der Waals surface area contributed by atoms with E-state index in [0.29, 0.717) is 37.0 Å². The van der Waals surface area contributed by atoms with Gasteiger partial charge in [-0.15, -0.1) is 0 Å². The third-order valence-electron chi connectivity index (χ3n) is 6.06. The monoisotopic (exact) mass is 497 g/mol. The summed E-state index contributed by atoms with van der Waals surface area (Å²) in [6, 6.07) is 16.7. The number of carbonyl (C=O) groups is 2. The number of carbonyl (C=O) groups excluding carboxylic acids is 2. The Kier molecular flexibility index (Phi) is 7.57. The molecule has 0 saturated carbocycles. The van der Waals surface area contributed by atoms with Crippen LogP contribution < -0.4 is 5.32 Å². The van der Waals surface area contributed by atoms with E-state index in [1.807, 2.05) is 44.2 Å². The molecule has 0 spiro atoms. The molecule has 1 fully saturated rings. The largest absolute Gasteiger partial charge is 0.372 e. The first-order valence-corrected chi connectivity index (χ1v) is 13.4. The van der Waals surface area contributed by atoms with Crippen LogP contribution >= 0.6 is 0 Å². The molecule has 2 aromatic carbocycles. The molecule has 1 N–H and O–H groups in total. The molecule has 186 valence electrons. The molecule has 1 saturated heterocycles. The van der Waals surface area contributed by atoms with E-state index in [4.69, 9.17) is 4.74 Å². The highest BCUT2D eigenvalue weighted by Gasteiger charge is 2.28. The number of fused-ring (bicyclic) bond motifs is 1. The predicted octanol–water partition coefficient (Wildman–Crippen LogP) is 2.41. The number of amides is 2. The Morgan fingerprint density at radius 3 is 2.37 bits per heavy atom. The lowest BCUT2D eigenvalue weighted by Crippen LogP contribution is -2.49. The second-order valence-corrected chi connectivity index (χ2v) is 11.0. The van der Waals surface area contributed by atoms with Crippen LogP contribution in [0.4, 0.5) is 0 Å². The quantitative estimate of drug-likeness (QED) is 0.516. The van der Waals surface area contributed by atoms with Crippen molar-refractivity contribution in [1.29, 1.82) is 0 Å². The maximum absolute atomic E-state index is 13.2. The lowest BCUT2D eigenvalue weighted by molar-refractivity contribution is -0.143. The summed E-state index contributed by atoms with van der Waals surface area (Å²) in [4.78, 5) is 27.3. The van der Waals surface area contributed by atoms with Crippen LogP contribution in [0.1, 0.15) is 19.4 Å². The van der Waals surface area contributed by atoms with Gasteiger partial charge in [0.05, 0.1) is 17.1 Å². The van der Waals surface area contributed by atoms with Gasteiger partial charge >= 0.3 is 0 Å². The van der Waals surface area contributed by atoms with Gasteiger partial charge in [-0.1, -0.05) is 48.5 Å². The third-order valence-corrected chi connectivity index (χ3v) is 7.70. The van der Waals surface area contributed by atoms with Crippen LogP contribution in [0, 0.1) is 0 Å². The summed E-state index contributed by atoms with van der Waals surface area (Å²) in [6.07, 6.45) is 1.98. The van der Waals surface area contributed by atoms with Crippen molar-refractivity contribution >= 4 is 32.6 Å². The molecule has 1 aromatic heterocycles. The van der Waals surface area contributed by atoms with Crippen molar-refractivity contribution in [1.82, 2.24) is 14.8 Å². The van der Waals surface area contributed by atoms with E-state index in [0.717, 1.165) is 5.56 Å². The molecule has 4 rings (SSSR count). The number of sulfone groups is 1. The Labute approximate surface area is 205 Å². The molecule has 0 bridgehead atoms. The van der Waals surface area contributed by atoms with E-state index in [2.05, 4.69) is 5.32 Å². The molecule has 9 heteroatoms. The van der Waals surface area contributed by atoms with Gasteiger partial charge in [-0.05, 0) is 31.9 Å². The van der Waals surface area contributed by atoms with Crippen molar-refractivity contribution in [2.75, 3.05) is 25.4 Å². The van der Waals surface area contributed by atoms with E-state index < -0.39 is 21.5 Å². The Morgan fingerprint density at radius 2 is 1.66 bits per heavy atom. The van der Waals surface area contributed by atoms with Gasteiger partial charge < -0.3 is 19.5 Å². The van der Waals surface area contributed by atoms with Gasteiger partial charge in [-0.25, -0.2) is 8.42 Å². The first-order valence-electron chi connectivity index (χ1n) is 11.8. The molecule has 0 radical (unpaired) electrons. The van der Waals surface area contributed by atoms with Crippen molar-refractivity contribution in [3.05, 3.63) is 66.4 Å². The standard InChI is InChI=1S/C26H31N3O5S/c1-19-14-29(15-20(2)34-19)26(31)17-28-16-24(22-10-6-7-11-23(22)28)35(32,33)18-25(30)27-13-12-21-8-4-3-5-9-21/h3-11,16,19-20H,12-15,17-18H2,1-2H3,(H,27,30)/t19-,20-/m1/s1. The number of nitrogens with zero attached hydrogens (tertiary/aromatic N) is 2. The lowest BCUT2D eigenvalue weighted by Gasteiger charge is -2.35. The van der Waals surface area contributed by atoms with Crippen LogP contribution in [0.25, 0.3) is 10.9 Å². The fourth-order valence-electron chi connectivity index (χ4n) is 4.51. The van der Waals surface area contributed by atoms with Crippen LogP contribution in [0.15, 0.2) is 65.7 Å². The molecule has 1 aliphatic heterocycles. The van der Waals surface area contributed by atoms with Crippen LogP contribution in [-0.4, -0.2) is 67.3 Å². The highest BCUT2D eigenvalue weighted by atomic mass is 32.2. The maximum Gasteiger partial charge on any atom is 0.242 e. The SMILES string of the molecule is C[C@@H]1CN(C(=O)Cn2cc(S(=O)(=O)CC(=O)NCCc3ccccc3)c3ccccc32)C[C@@H](C)O1. The average Bonchev–Trinajstić information content (AvgIpc) is 3.18. The molecule has 2 amide bonds. The Hall–Kier alpha value is -3.17. The molecule has 8 nitrogen and oxygen atoms in total. The molecular weight excluding hydrogens is 466 g/mol. The second kappa shape index (κ2) is 10.6. The summed E-state index contributed by atoms with van der Waals surface area (Å²) in [7, 11) is -3.92. The summed E-state index contributed by atoms with van der Waals surface area (Å²) >= 11 is 0. The van der Waals surface area contributed by atoms with Crippen molar-refractivity contribution in [2.45, 2.75) is 43.9 Å². The van der Waals surface area contributed by atoms with Gasteiger partial charge in [0, 0.05) is 36.7 Å². The van der Waals surface area contributed by atoms with Gasteiger partial charge in [0.2, 0.25) is 11.8 Å². The Morgan fingerprint density at radius 1 is 1.00 bits per heavy atom. The number of rotatable bonds is 8. The van der Waals surface area contributed by atoms with Crippen LogP contribution in [0.3, 0.4) is 0 Å². The summed E-state index contributed by atoms with van der Waals surface area (Å²) in [5.41, 5.74) is 1.70. The van der Waals surface area contributed by atoms with E-state index in [-0.39, 0.29) is 29.6 Å². The fourth-order valence-corrected chi connectivity index (χ4v) is 5.91. The Bertz CT molecular complexity index is 1290. The molecule has 0 unspecified atom stereocenters. The first kappa shape index (κ1) is 24.9. The molecule has 0 aliphatic carbocycles. The Balaban J connectivity index is 1.47. The maximum atomic E-state index is 13.2. The first-order chi connectivity index (χ1) is 16.7. The van der Waals surface area contributed by atoms with Crippen molar-refractivity contribution in [3.8, 4) is 0 Å². The molecule has 1 aliphatic rings. The molecule has 2 heterocycles. The highest BCUT2D eigenvalue weighted by molar-refractivity contribution is 7.92. The zero-order valence-electron chi connectivity index (χ0n) is 20.0. The van der Waals surface area contributed by atoms with Gasteiger partial charge in [0.15, 0.2) is 9.84 Å². The highest BCUT2D eigenvalue weighted by Crippen LogP contribution is 2.27. The van der Waals surface area contributed by atoms with Gasteiger partial charge in [-0.3, -0.25) is 9.59 Å². The minimum absolute atomic E-state index is 0.0126. The van der Waals surface area contributed by atoms with E-state index in [1.54, 1.807) is 33.7 Å². The number of hydrogen-bond acceptors (Lipinski definition) is 5. The fraction of sp³-hybridized carbons (Fsp3) is 0.385. The minimum atomic E-state index is -3.92. The third kappa shape index (κ3) is 6.10. The minimum Gasteiger partial charge on any atom is -0.372 e. The predicted molar refractivity (Wildman–Crippen MR) is 134 cm³/mol.